The molecule has 0 fully saturated rings. The molecule has 0 aliphatic carbocycles. The molecule has 0 amide bonds. The van der Waals surface area contributed by atoms with Crippen LogP contribution in [-0.2, 0) is 4.79 Å². The molecule has 1 aromatic rings. The summed E-state index contributed by atoms with van der Waals surface area (Å²) in [5, 5.41) is 11.9. The average Bonchev–Trinajstić information content (AvgIpc) is 2.35. The molecular weight excluding hydrogens is 230 g/mol. The number of benzene rings is 1. The van der Waals surface area contributed by atoms with Gasteiger partial charge in [0, 0.05) is 24.2 Å². The minimum Gasteiger partial charge on any atom is -0.496 e. The average molecular weight is 249 g/mol. The third-order valence-corrected chi connectivity index (χ3v) is 2.66. The Labute approximate surface area is 107 Å². The van der Waals surface area contributed by atoms with Crippen molar-refractivity contribution in [3.8, 4) is 5.75 Å². The van der Waals surface area contributed by atoms with Gasteiger partial charge in [-0.25, -0.2) is 4.79 Å². The van der Waals surface area contributed by atoms with Crippen molar-refractivity contribution >= 4 is 5.97 Å². The van der Waals surface area contributed by atoms with Crippen LogP contribution in [0.5, 0.6) is 5.75 Å². The second kappa shape index (κ2) is 6.81. The van der Waals surface area contributed by atoms with Crippen LogP contribution >= 0.6 is 0 Å². The van der Waals surface area contributed by atoms with Gasteiger partial charge in [0.2, 0.25) is 0 Å². The first-order chi connectivity index (χ1) is 8.54. The Hall–Kier alpha value is -1.81. The minimum atomic E-state index is -0.917. The fraction of sp³-hybridized carbons (Fsp3) is 0.357. The predicted molar refractivity (Wildman–Crippen MR) is 70.8 cm³/mol. The van der Waals surface area contributed by atoms with E-state index in [9.17, 15) is 4.79 Å². The molecule has 1 rings (SSSR count). The summed E-state index contributed by atoms with van der Waals surface area (Å²) in [5.41, 5.74) is 1.84. The van der Waals surface area contributed by atoms with E-state index in [2.05, 4.69) is 5.32 Å². The van der Waals surface area contributed by atoms with Gasteiger partial charge in [0.05, 0.1) is 7.11 Å². The fourth-order valence-corrected chi connectivity index (χ4v) is 1.71. The van der Waals surface area contributed by atoms with E-state index < -0.39 is 5.97 Å². The Bertz CT molecular complexity index is 440. The molecule has 0 aromatic heterocycles. The second-order valence-electron chi connectivity index (χ2n) is 4.17. The number of hydrogen-bond donors (Lipinski definition) is 2. The van der Waals surface area contributed by atoms with Crippen molar-refractivity contribution in [2.24, 2.45) is 0 Å². The molecule has 0 spiro atoms. The lowest BCUT2D eigenvalue weighted by atomic mass is 10.1. The summed E-state index contributed by atoms with van der Waals surface area (Å²) in [7, 11) is 1.64. The molecule has 0 saturated carbocycles. The van der Waals surface area contributed by atoms with E-state index >= 15 is 0 Å². The topological polar surface area (TPSA) is 58.6 Å². The number of rotatable bonds is 6. The highest BCUT2D eigenvalue weighted by Crippen LogP contribution is 2.24. The number of ether oxygens (including phenoxy) is 1. The van der Waals surface area contributed by atoms with Gasteiger partial charge in [-0.3, -0.25) is 0 Å². The molecule has 98 valence electrons. The van der Waals surface area contributed by atoms with Crippen LogP contribution in [0.15, 0.2) is 35.9 Å². The lowest BCUT2D eigenvalue weighted by molar-refractivity contribution is -0.131. The van der Waals surface area contributed by atoms with E-state index in [0.717, 1.165) is 16.9 Å². The molecule has 2 N–H and O–H groups in total. The van der Waals surface area contributed by atoms with Crippen LogP contribution in [0.25, 0.3) is 0 Å². The smallest absolute Gasteiger partial charge is 0.328 e. The maximum atomic E-state index is 10.5. The number of carbonyl (C=O) groups is 1. The molecule has 1 atom stereocenters. The summed E-state index contributed by atoms with van der Waals surface area (Å²) < 4.78 is 5.29. The standard InChI is InChI=1S/C14H19NO3/c1-10(8-14(16)17)9-15-11(2)12-6-4-5-7-13(12)18-3/h4-8,11,15H,9H2,1-3H3,(H,16,17)/b10-8+/t11-/m0/s1. The van der Waals surface area contributed by atoms with Gasteiger partial charge in [0.15, 0.2) is 0 Å². The van der Waals surface area contributed by atoms with Gasteiger partial charge >= 0.3 is 5.97 Å². The van der Waals surface area contributed by atoms with Crippen molar-refractivity contribution in [2.75, 3.05) is 13.7 Å². The molecule has 0 saturated heterocycles. The molecule has 0 bridgehead atoms. The number of aliphatic carboxylic acids is 1. The highest BCUT2D eigenvalue weighted by molar-refractivity contribution is 5.80. The third kappa shape index (κ3) is 4.22. The Morgan fingerprint density at radius 3 is 2.78 bits per heavy atom. The van der Waals surface area contributed by atoms with Gasteiger partial charge in [-0.05, 0) is 19.9 Å². The largest absolute Gasteiger partial charge is 0.496 e. The van der Waals surface area contributed by atoms with Gasteiger partial charge in [0.25, 0.3) is 0 Å². The molecule has 0 unspecified atom stereocenters. The zero-order valence-corrected chi connectivity index (χ0v) is 10.9. The molecule has 4 heteroatoms. The zero-order valence-electron chi connectivity index (χ0n) is 10.9. The van der Waals surface area contributed by atoms with E-state index in [1.807, 2.05) is 31.2 Å². The van der Waals surface area contributed by atoms with Crippen LogP contribution in [0.3, 0.4) is 0 Å². The number of hydrogen-bond acceptors (Lipinski definition) is 3. The Morgan fingerprint density at radius 1 is 1.50 bits per heavy atom. The normalized spacial score (nSPS) is 13.2. The lowest BCUT2D eigenvalue weighted by Gasteiger charge is -2.17. The summed E-state index contributed by atoms with van der Waals surface area (Å²) >= 11 is 0. The van der Waals surface area contributed by atoms with Gasteiger partial charge in [-0.15, -0.1) is 0 Å². The van der Waals surface area contributed by atoms with Gasteiger partial charge in [-0.1, -0.05) is 23.8 Å². The van der Waals surface area contributed by atoms with Crippen molar-refractivity contribution in [2.45, 2.75) is 19.9 Å². The number of carboxylic acids is 1. The molecule has 1 aromatic carbocycles. The van der Waals surface area contributed by atoms with Crippen LogP contribution in [0.2, 0.25) is 0 Å². The second-order valence-corrected chi connectivity index (χ2v) is 4.17. The Balaban J connectivity index is 2.65. The van der Waals surface area contributed by atoms with Gasteiger partial charge < -0.3 is 15.2 Å². The first kappa shape index (κ1) is 14.3. The first-order valence-corrected chi connectivity index (χ1v) is 5.81. The van der Waals surface area contributed by atoms with E-state index in [0.29, 0.717) is 6.54 Å². The maximum absolute atomic E-state index is 10.5. The van der Waals surface area contributed by atoms with Crippen LogP contribution in [0.1, 0.15) is 25.5 Å². The number of nitrogens with one attached hydrogen (secondary N) is 1. The Morgan fingerprint density at radius 2 is 2.17 bits per heavy atom. The SMILES string of the molecule is COc1ccccc1[C@H](C)NC/C(C)=C/C(=O)O. The third-order valence-electron chi connectivity index (χ3n) is 2.66. The van der Waals surface area contributed by atoms with E-state index in [1.54, 1.807) is 14.0 Å². The molecule has 0 aliphatic heterocycles. The summed E-state index contributed by atoms with van der Waals surface area (Å²) in [6.45, 7) is 4.34. The van der Waals surface area contributed by atoms with Gasteiger partial charge in [-0.2, -0.15) is 0 Å². The number of carboxylic acid groups (broad SMARTS) is 1. The molecule has 0 heterocycles. The van der Waals surface area contributed by atoms with Crippen LogP contribution < -0.4 is 10.1 Å². The van der Waals surface area contributed by atoms with Crippen molar-refractivity contribution < 1.29 is 14.6 Å². The highest BCUT2D eigenvalue weighted by Gasteiger charge is 2.09. The monoisotopic (exact) mass is 249 g/mol. The van der Waals surface area contributed by atoms with Crippen LogP contribution in [-0.4, -0.2) is 24.7 Å². The molecular formula is C14H19NO3. The molecule has 4 nitrogen and oxygen atoms in total. The predicted octanol–water partition coefficient (Wildman–Crippen LogP) is 2.38. The minimum absolute atomic E-state index is 0.0956. The highest BCUT2D eigenvalue weighted by atomic mass is 16.5. The fourth-order valence-electron chi connectivity index (χ4n) is 1.71. The lowest BCUT2D eigenvalue weighted by Crippen LogP contribution is -2.21. The van der Waals surface area contributed by atoms with E-state index in [-0.39, 0.29) is 6.04 Å². The van der Waals surface area contributed by atoms with Gasteiger partial charge in [0.1, 0.15) is 5.75 Å². The number of para-hydroxylation sites is 1. The van der Waals surface area contributed by atoms with Crippen LogP contribution in [0, 0.1) is 0 Å². The molecule has 18 heavy (non-hydrogen) atoms. The van der Waals surface area contributed by atoms with E-state index in [4.69, 9.17) is 9.84 Å². The van der Waals surface area contributed by atoms with Crippen molar-refractivity contribution in [1.82, 2.24) is 5.32 Å². The van der Waals surface area contributed by atoms with Crippen molar-refractivity contribution in [1.29, 1.82) is 0 Å². The van der Waals surface area contributed by atoms with Crippen molar-refractivity contribution in [3.63, 3.8) is 0 Å². The molecule has 0 aliphatic rings. The summed E-state index contributed by atoms with van der Waals surface area (Å²) in [4.78, 5) is 10.5. The molecule has 0 radical (unpaired) electrons. The van der Waals surface area contributed by atoms with E-state index in [1.165, 1.54) is 6.08 Å². The van der Waals surface area contributed by atoms with Crippen LogP contribution in [0.4, 0.5) is 0 Å². The quantitative estimate of drug-likeness (QED) is 0.760. The number of methoxy groups -OCH3 is 1. The summed E-state index contributed by atoms with van der Waals surface area (Å²) in [6, 6.07) is 7.87. The first-order valence-electron chi connectivity index (χ1n) is 5.81. The Kier molecular flexibility index (Phi) is 5.39. The zero-order chi connectivity index (χ0) is 13.5. The summed E-state index contributed by atoms with van der Waals surface area (Å²) in [6.07, 6.45) is 1.21. The summed E-state index contributed by atoms with van der Waals surface area (Å²) in [5.74, 6) is -0.0865. The van der Waals surface area contributed by atoms with Crippen molar-refractivity contribution in [3.05, 3.63) is 41.5 Å². The maximum Gasteiger partial charge on any atom is 0.328 e.